The van der Waals surface area contributed by atoms with Crippen molar-refractivity contribution in [1.82, 2.24) is 10.0 Å². The molecule has 0 bridgehead atoms. The van der Waals surface area contributed by atoms with Crippen LogP contribution >= 0.6 is 34.2 Å². The Balaban J connectivity index is 2.34. The third-order valence-corrected chi connectivity index (χ3v) is 4.22. The Morgan fingerprint density at radius 3 is 2.76 bits per heavy atom. The van der Waals surface area contributed by atoms with Gasteiger partial charge in [-0.25, -0.2) is 5.48 Å². The molecular weight excluding hydrogens is 461 g/mol. The number of aromatic nitrogens is 1. The van der Waals surface area contributed by atoms with Gasteiger partial charge in [0.2, 0.25) is 0 Å². The highest BCUT2D eigenvalue weighted by atomic mass is 127. The zero-order valence-electron chi connectivity index (χ0n) is 13.5. The van der Waals surface area contributed by atoms with E-state index in [2.05, 4.69) is 33.4 Å². The molecule has 0 spiro atoms. The van der Waals surface area contributed by atoms with Gasteiger partial charge in [-0.1, -0.05) is 11.6 Å². The number of nitrogens with zero attached hydrogens (tertiary/aromatic N) is 1. The van der Waals surface area contributed by atoms with E-state index >= 15 is 0 Å². The largest absolute Gasteiger partial charge is 0.391 e. The maximum absolute atomic E-state index is 12.3. The molecule has 0 unspecified atom stereocenters. The number of benzene rings is 1. The topological polar surface area (TPSA) is 92.6 Å². The Bertz CT molecular complexity index is 839. The van der Waals surface area contributed by atoms with E-state index < -0.39 is 12.0 Å². The van der Waals surface area contributed by atoms with E-state index in [0.29, 0.717) is 10.7 Å². The summed E-state index contributed by atoms with van der Waals surface area (Å²) in [5.41, 5.74) is 2.71. The van der Waals surface area contributed by atoms with Gasteiger partial charge >= 0.3 is 0 Å². The standard InChI is InChI=1S/C16H17ClIN3O4/c1-9(22)8-25-20-16(24)11-4-6-14(23)21(2)15(11)19-13-5-3-10(18)7-12(13)17/h3-7,9,19,22H,8H2,1-2H3,(H,20,24)/t9-/m0/s1. The van der Waals surface area contributed by atoms with Crippen molar-refractivity contribution in [2.24, 2.45) is 7.05 Å². The molecule has 1 heterocycles. The first-order valence-corrected chi connectivity index (χ1v) is 8.77. The predicted molar refractivity (Wildman–Crippen MR) is 104 cm³/mol. The number of carbonyl (C=O) groups is 1. The van der Waals surface area contributed by atoms with Gasteiger partial charge in [0, 0.05) is 16.7 Å². The van der Waals surface area contributed by atoms with Gasteiger partial charge in [-0.05, 0) is 53.8 Å². The minimum Gasteiger partial charge on any atom is -0.391 e. The Kier molecular flexibility index (Phi) is 6.82. The van der Waals surface area contributed by atoms with Crippen molar-refractivity contribution in [1.29, 1.82) is 0 Å². The van der Waals surface area contributed by atoms with Gasteiger partial charge in [-0.3, -0.25) is 19.0 Å². The van der Waals surface area contributed by atoms with Crippen LogP contribution in [-0.2, 0) is 11.9 Å². The van der Waals surface area contributed by atoms with Crippen LogP contribution in [0.25, 0.3) is 0 Å². The van der Waals surface area contributed by atoms with Gasteiger partial charge in [-0.15, -0.1) is 0 Å². The Hall–Kier alpha value is -1.62. The van der Waals surface area contributed by atoms with Gasteiger partial charge in [0.1, 0.15) is 12.4 Å². The Morgan fingerprint density at radius 2 is 2.12 bits per heavy atom. The molecule has 7 nitrogen and oxygen atoms in total. The Morgan fingerprint density at radius 1 is 1.40 bits per heavy atom. The molecule has 1 aromatic carbocycles. The van der Waals surface area contributed by atoms with Crippen molar-refractivity contribution in [2.45, 2.75) is 13.0 Å². The first-order chi connectivity index (χ1) is 11.8. The summed E-state index contributed by atoms with van der Waals surface area (Å²) in [6, 6.07) is 8.04. The molecule has 0 aliphatic heterocycles. The summed E-state index contributed by atoms with van der Waals surface area (Å²) < 4.78 is 2.26. The highest BCUT2D eigenvalue weighted by molar-refractivity contribution is 14.1. The molecule has 1 atom stereocenters. The molecule has 9 heteroatoms. The van der Waals surface area contributed by atoms with Crippen LogP contribution in [-0.4, -0.2) is 28.3 Å². The van der Waals surface area contributed by atoms with Crippen LogP contribution in [0, 0.1) is 3.57 Å². The van der Waals surface area contributed by atoms with E-state index in [0.717, 1.165) is 3.57 Å². The number of hydroxylamine groups is 1. The number of aliphatic hydroxyl groups excluding tert-OH is 1. The molecule has 25 heavy (non-hydrogen) atoms. The van der Waals surface area contributed by atoms with Crippen LogP contribution in [0.3, 0.4) is 0 Å². The highest BCUT2D eigenvalue weighted by Gasteiger charge is 2.16. The zero-order valence-corrected chi connectivity index (χ0v) is 16.5. The SMILES string of the molecule is C[C@H](O)CONC(=O)c1ccc(=O)n(C)c1Nc1ccc(I)cc1Cl. The van der Waals surface area contributed by atoms with E-state index in [1.165, 1.54) is 23.6 Å². The average molecular weight is 478 g/mol. The molecule has 3 N–H and O–H groups in total. The normalized spacial score (nSPS) is 11.9. The smallest absolute Gasteiger partial charge is 0.278 e. The van der Waals surface area contributed by atoms with E-state index in [1.54, 1.807) is 19.2 Å². The lowest BCUT2D eigenvalue weighted by Crippen LogP contribution is -2.30. The summed E-state index contributed by atoms with van der Waals surface area (Å²) in [4.78, 5) is 29.2. The number of nitrogens with one attached hydrogen (secondary N) is 2. The van der Waals surface area contributed by atoms with Crippen molar-refractivity contribution in [3.05, 3.63) is 54.8 Å². The second-order valence-corrected chi connectivity index (χ2v) is 6.99. The fraction of sp³-hybridized carbons (Fsp3) is 0.250. The summed E-state index contributed by atoms with van der Waals surface area (Å²) in [5, 5.41) is 12.6. The summed E-state index contributed by atoms with van der Waals surface area (Å²) in [6.45, 7) is 1.48. The average Bonchev–Trinajstić information content (AvgIpc) is 2.53. The number of carbonyl (C=O) groups excluding carboxylic acids is 1. The van der Waals surface area contributed by atoms with Crippen molar-refractivity contribution >= 4 is 51.6 Å². The first kappa shape index (κ1) is 19.7. The van der Waals surface area contributed by atoms with Gasteiger partial charge in [0.05, 0.1) is 22.4 Å². The third kappa shape index (κ3) is 5.18. The number of anilines is 2. The molecule has 2 rings (SSSR count). The fourth-order valence-corrected chi connectivity index (χ4v) is 2.87. The van der Waals surface area contributed by atoms with E-state index in [1.807, 2.05) is 6.07 Å². The number of hydrogen-bond acceptors (Lipinski definition) is 5. The molecule has 0 saturated heterocycles. The molecular formula is C16H17ClIN3O4. The number of aliphatic hydroxyl groups is 1. The van der Waals surface area contributed by atoms with E-state index in [9.17, 15) is 9.59 Å². The zero-order chi connectivity index (χ0) is 18.6. The van der Waals surface area contributed by atoms with Crippen molar-refractivity contribution in [2.75, 3.05) is 11.9 Å². The molecule has 0 aliphatic carbocycles. The third-order valence-electron chi connectivity index (χ3n) is 3.23. The highest BCUT2D eigenvalue weighted by Crippen LogP contribution is 2.28. The van der Waals surface area contributed by atoms with Gasteiger partial charge in [0.15, 0.2) is 0 Å². The van der Waals surface area contributed by atoms with Crippen molar-refractivity contribution in [3.8, 4) is 0 Å². The van der Waals surface area contributed by atoms with E-state index in [-0.39, 0.29) is 23.5 Å². The minimum absolute atomic E-state index is 0.0524. The Labute approximate surface area is 163 Å². The molecule has 134 valence electrons. The molecule has 0 saturated carbocycles. The van der Waals surface area contributed by atoms with Crippen molar-refractivity contribution in [3.63, 3.8) is 0 Å². The summed E-state index contributed by atoms with van der Waals surface area (Å²) in [6.07, 6.45) is -0.719. The fourth-order valence-electron chi connectivity index (χ4n) is 1.97. The summed E-state index contributed by atoms with van der Waals surface area (Å²) >= 11 is 8.35. The molecule has 1 aromatic heterocycles. The molecule has 1 amide bonds. The quantitative estimate of drug-likeness (QED) is 0.439. The predicted octanol–water partition coefficient (Wildman–Crippen LogP) is 2.43. The molecule has 2 aromatic rings. The van der Waals surface area contributed by atoms with E-state index in [4.69, 9.17) is 21.5 Å². The summed E-state index contributed by atoms with van der Waals surface area (Å²) in [7, 11) is 1.54. The van der Waals surface area contributed by atoms with Gasteiger partial charge in [-0.2, -0.15) is 0 Å². The first-order valence-electron chi connectivity index (χ1n) is 7.32. The van der Waals surface area contributed by atoms with Crippen LogP contribution in [0.5, 0.6) is 0 Å². The van der Waals surface area contributed by atoms with Crippen LogP contribution in [0.4, 0.5) is 11.5 Å². The van der Waals surface area contributed by atoms with Crippen LogP contribution in [0.1, 0.15) is 17.3 Å². The van der Waals surface area contributed by atoms with Gasteiger partial charge < -0.3 is 10.4 Å². The van der Waals surface area contributed by atoms with Crippen LogP contribution < -0.4 is 16.4 Å². The second-order valence-electron chi connectivity index (χ2n) is 5.33. The number of hydrogen-bond donors (Lipinski definition) is 3. The molecule has 0 fully saturated rings. The number of pyridine rings is 1. The lowest BCUT2D eigenvalue weighted by atomic mass is 10.2. The molecule has 0 aliphatic rings. The lowest BCUT2D eigenvalue weighted by molar-refractivity contribution is -0.00685. The number of halogens is 2. The maximum atomic E-state index is 12.3. The van der Waals surface area contributed by atoms with Crippen molar-refractivity contribution < 1.29 is 14.7 Å². The lowest BCUT2D eigenvalue weighted by Gasteiger charge is -2.16. The van der Waals surface area contributed by atoms with Crippen LogP contribution in [0.15, 0.2) is 35.1 Å². The monoisotopic (exact) mass is 477 g/mol. The maximum Gasteiger partial charge on any atom is 0.278 e. The molecule has 0 radical (unpaired) electrons. The minimum atomic E-state index is -0.719. The number of rotatable bonds is 6. The summed E-state index contributed by atoms with van der Waals surface area (Å²) in [5.74, 6) is -0.283. The number of amides is 1. The second kappa shape index (κ2) is 8.65. The van der Waals surface area contributed by atoms with Gasteiger partial charge in [0.25, 0.3) is 11.5 Å². The van der Waals surface area contributed by atoms with Crippen LogP contribution in [0.2, 0.25) is 5.02 Å².